The third-order valence-corrected chi connectivity index (χ3v) is 1.73. The number of hydrogen-bond acceptors (Lipinski definition) is 4. The summed E-state index contributed by atoms with van der Waals surface area (Å²) in [6, 6.07) is -0.120. The van der Waals surface area contributed by atoms with Gasteiger partial charge in [-0.2, -0.15) is 4.98 Å². The van der Waals surface area contributed by atoms with Crippen LogP contribution >= 0.6 is 0 Å². The SMILES string of the molecule is CC[C@@H](N)c1nc(C(C)C)no1. The second-order valence-electron chi connectivity index (χ2n) is 3.16. The fraction of sp³-hybridized carbons (Fsp3) is 0.750. The lowest BCUT2D eigenvalue weighted by Gasteiger charge is -1.99. The van der Waals surface area contributed by atoms with Gasteiger partial charge in [-0.15, -0.1) is 0 Å². The van der Waals surface area contributed by atoms with Gasteiger partial charge in [-0.05, 0) is 6.42 Å². The predicted molar refractivity (Wildman–Crippen MR) is 45.6 cm³/mol. The molecule has 0 amide bonds. The van der Waals surface area contributed by atoms with Crippen molar-refractivity contribution in [3.8, 4) is 0 Å². The summed E-state index contributed by atoms with van der Waals surface area (Å²) >= 11 is 0. The molecule has 0 saturated heterocycles. The standard InChI is InChI=1S/C8H15N3O/c1-4-6(9)8-10-7(5(2)3)11-12-8/h5-6H,4,9H2,1-3H3/t6-/m1/s1. The molecule has 0 bridgehead atoms. The summed E-state index contributed by atoms with van der Waals surface area (Å²) in [4.78, 5) is 4.18. The molecule has 4 nitrogen and oxygen atoms in total. The van der Waals surface area contributed by atoms with Gasteiger partial charge in [0.05, 0.1) is 6.04 Å². The number of nitrogens with zero attached hydrogens (tertiary/aromatic N) is 2. The quantitative estimate of drug-likeness (QED) is 0.746. The topological polar surface area (TPSA) is 64.9 Å². The Labute approximate surface area is 72.1 Å². The van der Waals surface area contributed by atoms with Gasteiger partial charge in [-0.25, -0.2) is 0 Å². The van der Waals surface area contributed by atoms with Gasteiger partial charge in [0.2, 0.25) is 5.89 Å². The first-order valence-electron chi connectivity index (χ1n) is 4.24. The van der Waals surface area contributed by atoms with Crippen molar-refractivity contribution in [1.82, 2.24) is 10.1 Å². The van der Waals surface area contributed by atoms with E-state index in [1.165, 1.54) is 0 Å². The Morgan fingerprint density at radius 1 is 1.50 bits per heavy atom. The summed E-state index contributed by atoms with van der Waals surface area (Å²) in [5, 5.41) is 3.82. The summed E-state index contributed by atoms with van der Waals surface area (Å²) in [5.41, 5.74) is 5.71. The Hall–Kier alpha value is -0.900. The van der Waals surface area contributed by atoms with Crippen LogP contribution in [-0.2, 0) is 0 Å². The summed E-state index contributed by atoms with van der Waals surface area (Å²) < 4.78 is 4.99. The Morgan fingerprint density at radius 2 is 2.17 bits per heavy atom. The molecule has 1 aromatic rings. The van der Waals surface area contributed by atoms with Crippen LogP contribution in [0.4, 0.5) is 0 Å². The Morgan fingerprint density at radius 3 is 2.58 bits per heavy atom. The maximum Gasteiger partial charge on any atom is 0.243 e. The van der Waals surface area contributed by atoms with Crippen LogP contribution in [0, 0.1) is 0 Å². The molecule has 0 aliphatic carbocycles. The van der Waals surface area contributed by atoms with Gasteiger partial charge in [0.15, 0.2) is 5.82 Å². The van der Waals surface area contributed by atoms with Crippen molar-refractivity contribution < 1.29 is 4.52 Å². The van der Waals surface area contributed by atoms with Crippen molar-refractivity contribution in [2.75, 3.05) is 0 Å². The molecule has 0 aliphatic heterocycles. The second-order valence-corrected chi connectivity index (χ2v) is 3.16. The van der Waals surface area contributed by atoms with Gasteiger partial charge in [-0.1, -0.05) is 25.9 Å². The maximum absolute atomic E-state index is 5.71. The first kappa shape index (κ1) is 9.19. The van der Waals surface area contributed by atoms with Crippen LogP contribution in [0.1, 0.15) is 50.9 Å². The number of rotatable bonds is 3. The summed E-state index contributed by atoms with van der Waals surface area (Å²) in [6.07, 6.45) is 0.819. The van der Waals surface area contributed by atoms with Crippen LogP contribution in [-0.4, -0.2) is 10.1 Å². The molecule has 0 aromatic carbocycles. The summed E-state index contributed by atoms with van der Waals surface area (Å²) in [6.45, 7) is 6.03. The normalized spacial score (nSPS) is 13.8. The molecule has 68 valence electrons. The van der Waals surface area contributed by atoms with Crippen LogP contribution in [0.5, 0.6) is 0 Å². The van der Waals surface area contributed by atoms with Crippen LogP contribution in [0.2, 0.25) is 0 Å². The Bertz CT molecular complexity index is 244. The number of aromatic nitrogens is 2. The molecule has 0 unspecified atom stereocenters. The van der Waals surface area contributed by atoms with Crippen LogP contribution < -0.4 is 5.73 Å². The van der Waals surface area contributed by atoms with Gasteiger partial charge >= 0.3 is 0 Å². The predicted octanol–water partition coefficient (Wildman–Crippen LogP) is 1.60. The van der Waals surface area contributed by atoms with Gasteiger partial charge in [0.25, 0.3) is 0 Å². The van der Waals surface area contributed by atoms with E-state index in [-0.39, 0.29) is 6.04 Å². The fourth-order valence-electron chi connectivity index (χ4n) is 0.807. The molecule has 0 spiro atoms. The van der Waals surface area contributed by atoms with Crippen LogP contribution in [0.3, 0.4) is 0 Å². The average Bonchev–Trinajstić information content (AvgIpc) is 2.51. The van der Waals surface area contributed by atoms with Crippen molar-refractivity contribution in [2.24, 2.45) is 5.73 Å². The molecule has 1 atom stereocenters. The van der Waals surface area contributed by atoms with E-state index in [1.54, 1.807) is 0 Å². The molecule has 4 heteroatoms. The molecular formula is C8H15N3O. The largest absolute Gasteiger partial charge is 0.338 e. The van der Waals surface area contributed by atoms with Crippen molar-refractivity contribution in [1.29, 1.82) is 0 Å². The minimum Gasteiger partial charge on any atom is -0.338 e. The molecular weight excluding hydrogens is 154 g/mol. The average molecular weight is 169 g/mol. The van der Waals surface area contributed by atoms with E-state index < -0.39 is 0 Å². The third-order valence-electron chi connectivity index (χ3n) is 1.73. The zero-order chi connectivity index (χ0) is 9.14. The third kappa shape index (κ3) is 1.82. The molecule has 0 radical (unpaired) electrons. The van der Waals surface area contributed by atoms with Crippen molar-refractivity contribution in [3.63, 3.8) is 0 Å². The van der Waals surface area contributed by atoms with E-state index in [0.717, 1.165) is 12.2 Å². The molecule has 2 N–H and O–H groups in total. The van der Waals surface area contributed by atoms with Crippen LogP contribution in [0.15, 0.2) is 4.52 Å². The lowest BCUT2D eigenvalue weighted by molar-refractivity contribution is 0.347. The van der Waals surface area contributed by atoms with Gasteiger partial charge < -0.3 is 10.3 Å². The van der Waals surface area contributed by atoms with E-state index in [1.807, 2.05) is 20.8 Å². The zero-order valence-electron chi connectivity index (χ0n) is 7.74. The van der Waals surface area contributed by atoms with Gasteiger partial charge in [-0.3, -0.25) is 0 Å². The molecule has 1 heterocycles. The van der Waals surface area contributed by atoms with Crippen molar-refractivity contribution >= 4 is 0 Å². The Kier molecular flexibility index (Phi) is 2.81. The molecule has 1 rings (SSSR count). The highest BCUT2D eigenvalue weighted by Crippen LogP contribution is 2.14. The monoisotopic (exact) mass is 169 g/mol. The van der Waals surface area contributed by atoms with Crippen molar-refractivity contribution in [2.45, 2.75) is 39.2 Å². The molecule has 0 saturated carbocycles. The lowest BCUT2D eigenvalue weighted by Crippen LogP contribution is -2.09. The highest BCUT2D eigenvalue weighted by molar-refractivity contribution is 4.94. The minimum atomic E-state index is -0.120. The number of nitrogens with two attached hydrogens (primary N) is 1. The van der Waals surface area contributed by atoms with E-state index in [4.69, 9.17) is 10.3 Å². The molecule has 0 aliphatic rings. The Balaban J connectivity index is 2.77. The van der Waals surface area contributed by atoms with E-state index in [0.29, 0.717) is 11.8 Å². The minimum absolute atomic E-state index is 0.120. The van der Waals surface area contributed by atoms with E-state index in [2.05, 4.69) is 10.1 Å². The highest BCUT2D eigenvalue weighted by atomic mass is 16.5. The molecule has 1 aromatic heterocycles. The lowest BCUT2D eigenvalue weighted by atomic mass is 10.2. The zero-order valence-corrected chi connectivity index (χ0v) is 7.74. The first-order valence-corrected chi connectivity index (χ1v) is 4.24. The maximum atomic E-state index is 5.71. The molecule has 12 heavy (non-hydrogen) atoms. The highest BCUT2D eigenvalue weighted by Gasteiger charge is 2.13. The van der Waals surface area contributed by atoms with Gasteiger partial charge in [0, 0.05) is 5.92 Å². The van der Waals surface area contributed by atoms with E-state index >= 15 is 0 Å². The second kappa shape index (κ2) is 3.67. The van der Waals surface area contributed by atoms with E-state index in [9.17, 15) is 0 Å². The summed E-state index contributed by atoms with van der Waals surface area (Å²) in [7, 11) is 0. The smallest absolute Gasteiger partial charge is 0.243 e. The van der Waals surface area contributed by atoms with Crippen molar-refractivity contribution in [3.05, 3.63) is 11.7 Å². The van der Waals surface area contributed by atoms with Gasteiger partial charge in [0.1, 0.15) is 0 Å². The summed E-state index contributed by atoms with van der Waals surface area (Å²) in [5.74, 6) is 1.57. The first-order chi connectivity index (χ1) is 5.65. The molecule has 0 fully saturated rings. The number of hydrogen-bond donors (Lipinski definition) is 1. The fourth-order valence-corrected chi connectivity index (χ4v) is 0.807. The van der Waals surface area contributed by atoms with Crippen LogP contribution in [0.25, 0.3) is 0 Å².